The van der Waals surface area contributed by atoms with Crippen molar-refractivity contribution in [1.29, 1.82) is 0 Å². The van der Waals surface area contributed by atoms with Gasteiger partial charge in [-0.05, 0) is 44.2 Å². The summed E-state index contributed by atoms with van der Waals surface area (Å²) in [7, 11) is 0. The van der Waals surface area contributed by atoms with Crippen LogP contribution in [0.4, 0.5) is 5.69 Å². The molecule has 0 bridgehead atoms. The SMILES string of the molecule is Cc1cc(C(=O)O[C@@H](C)C(=O)N[C@@H]2CCC[C@H](C)[C@@H]2C)ccc1[N+](=O)[O-]. The molecule has 1 fully saturated rings. The summed E-state index contributed by atoms with van der Waals surface area (Å²) < 4.78 is 5.24. The summed E-state index contributed by atoms with van der Waals surface area (Å²) >= 11 is 0. The molecule has 0 radical (unpaired) electrons. The molecule has 1 aromatic carbocycles. The van der Waals surface area contributed by atoms with Crippen molar-refractivity contribution in [2.24, 2.45) is 11.8 Å². The van der Waals surface area contributed by atoms with Crippen LogP contribution in [0.1, 0.15) is 56.0 Å². The van der Waals surface area contributed by atoms with Crippen molar-refractivity contribution in [3.63, 3.8) is 0 Å². The van der Waals surface area contributed by atoms with Crippen molar-refractivity contribution in [3.8, 4) is 0 Å². The van der Waals surface area contributed by atoms with E-state index in [4.69, 9.17) is 4.74 Å². The van der Waals surface area contributed by atoms with E-state index in [0.717, 1.165) is 19.3 Å². The van der Waals surface area contributed by atoms with Gasteiger partial charge in [0.15, 0.2) is 6.10 Å². The number of esters is 1. The van der Waals surface area contributed by atoms with Gasteiger partial charge in [0.1, 0.15) is 0 Å². The maximum Gasteiger partial charge on any atom is 0.338 e. The Morgan fingerprint density at radius 2 is 2.00 bits per heavy atom. The fourth-order valence-corrected chi connectivity index (χ4v) is 3.36. The second-order valence-corrected chi connectivity index (χ2v) is 7.19. The van der Waals surface area contributed by atoms with Gasteiger partial charge >= 0.3 is 5.97 Å². The quantitative estimate of drug-likeness (QED) is 0.492. The summed E-state index contributed by atoms with van der Waals surface area (Å²) in [6, 6.07) is 4.09. The van der Waals surface area contributed by atoms with E-state index in [-0.39, 0.29) is 23.2 Å². The maximum absolute atomic E-state index is 12.4. The number of aryl methyl sites for hydroxylation is 1. The predicted octanol–water partition coefficient (Wildman–Crippen LogP) is 3.39. The molecule has 0 unspecified atom stereocenters. The Balaban J connectivity index is 1.96. The number of nitro groups is 1. The minimum Gasteiger partial charge on any atom is -0.449 e. The highest BCUT2D eigenvalue weighted by molar-refractivity contribution is 5.92. The van der Waals surface area contributed by atoms with Gasteiger partial charge in [0.25, 0.3) is 11.6 Å². The van der Waals surface area contributed by atoms with E-state index in [1.807, 2.05) is 0 Å². The number of carbonyl (C=O) groups excluding carboxylic acids is 2. The molecule has 1 aliphatic rings. The molecule has 4 atom stereocenters. The van der Waals surface area contributed by atoms with Crippen molar-refractivity contribution in [2.75, 3.05) is 0 Å². The Morgan fingerprint density at radius 1 is 1.31 bits per heavy atom. The summed E-state index contributed by atoms with van der Waals surface area (Å²) in [6.45, 7) is 7.40. The third kappa shape index (κ3) is 4.59. The topological polar surface area (TPSA) is 98.5 Å². The summed E-state index contributed by atoms with van der Waals surface area (Å²) in [6.07, 6.45) is 2.24. The number of nitrogens with zero attached hydrogens (tertiary/aromatic N) is 1. The van der Waals surface area contributed by atoms with Gasteiger partial charge in [-0.25, -0.2) is 4.79 Å². The van der Waals surface area contributed by atoms with E-state index in [1.54, 1.807) is 6.92 Å². The Kier molecular flexibility index (Phi) is 6.34. The number of amides is 1. The lowest BCUT2D eigenvalue weighted by Gasteiger charge is -2.35. The molecule has 1 aromatic rings. The number of rotatable bonds is 5. The first-order valence-corrected chi connectivity index (χ1v) is 8.97. The molecule has 7 heteroatoms. The van der Waals surface area contributed by atoms with Crippen LogP contribution >= 0.6 is 0 Å². The number of benzene rings is 1. The van der Waals surface area contributed by atoms with Crippen molar-refractivity contribution in [2.45, 2.75) is 59.1 Å². The average molecular weight is 362 g/mol. The molecule has 0 spiro atoms. The molecule has 0 heterocycles. The Labute approximate surface area is 153 Å². The number of nitro benzene ring substituents is 1. The molecule has 1 amide bonds. The van der Waals surface area contributed by atoms with Crippen molar-refractivity contribution < 1.29 is 19.2 Å². The van der Waals surface area contributed by atoms with E-state index < -0.39 is 17.0 Å². The van der Waals surface area contributed by atoms with Gasteiger partial charge in [0.2, 0.25) is 0 Å². The molecule has 7 nitrogen and oxygen atoms in total. The van der Waals surface area contributed by atoms with Crippen LogP contribution in [-0.4, -0.2) is 28.9 Å². The van der Waals surface area contributed by atoms with Crippen LogP contribution in [0.3, 0.4) is 0 Å². The first-order chi connectivity index (χ1) is 12.2. The van der Waals surface area contributed by atoms with Gasteiger partial charge in [-0.2, -0.15) is 0 Å². The molecule has 1 N–H and O–H groups in total. The lowest BCUT2D eigenvalue weighted by molar-refractivity contribution is -0.385. The standard InChI is InChI=1S/C19H26N2O5/c1-11-6-5-7-16(13(11)3)20-18(22)14(4)26-19(23)15-8-9-17(21(24)25)12(2)10-15/h8-11,13-14,16H,5-7H2,1-4H3,(H,20,22)/t11-,13-,14-,16+/m0/s1. The van der Waals surface area contributed by atoms with Gasteiger partial charge in [0, 0.05) is 17.7 Å². The molecule has 142 valence electrons. The molecule has 1 saturated carbocycles. The van der Waals surface area contributed by atoms with E-state index in [1.165, 1.54) is 25.1 Å². The smallest absolute Gasteiger partial charge is 0.338 e. The zero-order valence-corrected chi connectivity index (χ0v) is 15.7. The lowest BCUT2D eigenvalue weighted by atomic mass is 9.78. The van der Waals surface area contributed by atoms with Gasteiger partial charge in [-0.3, -0.25) is 14.9 Å². The molecule has 0 saturated heterocycles. The molecule has 26 heavy (non-hydrogen) atoms. The number of ether oxygens (including phenoxy) is 1. The van der Waals surface area contributed by atoms with Gasteiger partial charge in [-0.1, -0.05) is 26.7 Å². The highest BCUT2D eigenvalue weighted by Gasteiger charge is 2.30. The van der Waals surface area contributed by atoms with Crippen LogP contribution in [-0.2, 0) is 9.53 Å². The van der Waals surface area contributed by atoms with Crippen LogP contribution in [0.2, 0.25) is 0 Å². The molecule has 1 aliphatic carbocycles. The highest BCUT2D eigenvalue weighted by Crippen LogP contribution is 2.29. The molecule has 0 aromatic heterocycles. The zero-order chi connectivity index (χ0) is 19.4. The van der Waals surface area contributed by atoms with Crippen molar-refractivity contribution in [1.82, 2.24) is 5.32 Å². The van der Waals surface area contributed by atoms with Crippen molar-refractivity contribution in [3.05, 3.63) is 39.4 Å². The van der Waals surface area contributed by atoms with Crippen LogP contribution in [0.5, 0.6) is 0 Å². The first-order valence-electron chi connectivity index (χ1n) is 8.97. The number of carbonyl (C=O) groups is 2. The average Bonchev–Trinajstić information content (AvgIpc) is 2.58. The first kappa shape index (κ1) is 19.9. The van der Waals surface area contributed by atoms with E-state index in [9.17, 15) is 19.7 Å². The predicted molar refractivity (Wildman–Crippen MR) is 96.8 cm³/mol. The second kappa shape index (κ2) is 8.29. The fourth-order valence-electron chi connectivity index (χ4n) is 3.36. The molecular formula is C19H26N2O5. The normalized spacial score (nSPS) is 23.8. The molecular weight excluding hydrogens is 336 g/mol. The largest absolute Gasteiger partial charge is 0.449 e. The number of nitrogens with one attached hydrogen (secondary N) is 1. The Hall–Kier alpha value is -2.44. The lowest BCUT2D eigenvalue weighted by Crippen LogP contribution is -2.47. The van der Waals surface area contributed by atoms with E-state index in [0.29, 0.717) is 17.4 Å². The van der Waals surface area contributed by atoms with Gasteiger partial charge in [0.05, 0.1) is 10.5 Å². The van der Waals surface area contributed by atoms with Crippen LogP contribution in [0.15, 0.2) is 18.2 Å². The monoisotopic (exact) mass is 362 g/mol. The van der Waals surface area contributed by atoms with Gasteiger partial charge in [-0.15, -0.1) is 0 Å². The fraction of sp³-hybridized carbons (Fsp3) is 0.579. The third-order valence-corrected chi connectivity index (χ3v) is 5.32. The zero-order valence-electron chi connectivity index (χ0n) is 15.7. The minimum atomic E-state index is -0.928. The van der Waals surface area contributed by atoms with E-state index in [2.05, 4.69) is 19.2 Å². The van der Waals surface area contributed by atoms with Crippen LogP contribution in [0, 0.1) is 28.9 Å². The summed E-state index contributed by atoms with van der Waals surface area (Å²) in [5.74, 6) is -0.0541. The Morgan fingerprint density at radius 3 is 2.62 bits per heavy atom. The summed E-state index contributed by atoms with van der Waals surface area (Å²) in [5.41, 5.74) is 0.492. The second-order valence-electron chi connectivity index (χ2n) is 7.19. The highest BCUT2D eigenvalue weighted by atomic mass is 16.6. The van der Waals surface area contributed by atoms with E-state index >= 15 is 0 Å². The maximum atomic E-state index is 12.4. The minimum absolute atomic E-state index is 0.0623. The number of hydrogen-bond donors (Lipinski definition) is 1. The molecule has 2 rings (SSSR count). The third-order valence-electron chi connectivity index (χ3n) is 5.32. The van der Waals surface area contributed by atoms with Crippen molar-refractivity contribution >= 4 is 17.6 Å². The molecule has 0 aliphatic heterocycles. The van der Waals surface area contributed by atoms with Crippen LogP contribution < -0.4 is 5.32 Å². The summed E-state index contributed by atoms with van der Waals surface area (Å²) in [4.78, 5) is 34.9. The number of hydrogen-bond acceptors (Lipinski definition) is 5. The Bertz CT molecular complexity index is 703. The van der Waals surface area contributed by atoms with Gasteiger partial charge < -0.3 is 10.1 Å². The van der Waals surface area contributed by atoms with Crippen LogP contribution in [0.25, 0.3) is 0 Å². The summed E-state index contributed by atoms with van der Waals surface area (Å²) in [5, 5.41) is 13.8.